The Labute approximate surface area is 90.4 Å². The lowest BCUT2D eigenvalue weighted by atomic mass is 9.76. The summed E-state index contributed by atoms with van der Waals surface area (Å²) in [7, 11) is 1.89. The van der Waals surface area contributed by atoms with Gasteiger partial charge in [-0.25, -0.2) is 0 Å². The van der Waals surface area contributed by atoms with Crippen LogP contribution in [-0.2, 0) is 12.0 Å². The predicted octanol–water partition coefficient (Wildman–Crippen LogP) is 2.01. The zero-order valence-electron chi connectivity index (χ0n) is 9.55. The minimum absolute atomic E-state index is 0.122. The molecule has 0 amide bonds. The third-order valence-corrected chi connectivity index (χ3v) is 3.28. The second-order valence-electron chi connectivity index (χ2n) is 4.67. The van der Waals surface area contributed by atoms with Gasteiger partial charge in [-0.2, -0.15) is 4.98 Å². The topological polar surface area (TPSA) is 51.0 Å². The van der Waals surface area contributed by atoms with Crippen LogP contribution in [0.5, 0.6) is 0 Å². The van der Waals surface area contributed by atoms with E-state index in [1.54, 1.807) is 0 Å². The molecule has 2 rings (SSSR count). The summed E-state index contributed by atoms with van der Waals surface area (Å²) in [6, 6.07) is 0. The molecule has 0 unspecified atom stereocenters. The van der Waals surface area contributed by atoms with Crippen molar-refractivity contribution in [1.82, 2.24) is 15.5 Å². The Morgan fingerprint density at radius 3 is 2.73 bits per heavy atom. The van der Waals surface area contributed by atoms with Gasteiger partial charge in [0.1, 0.15) is 0 Å². The van der Waals surface area contributed by atoms with Crippen LogP contribution in [0.1, 0.15) is 50.7 Å². The maximum Gasteiger partial charge on any atom is 0.232 e. The van der Waals surface area contributed by atoms with Gasteiger partial charge in [0.2, 0.25) is 5.89 Å². The van der Waals surface area contributed by atoms with E-state index in [4.69, 9.17) is 4.52 Å². The first-order valence-electron chi connectivity index (χ1n) is 5.72. The molecule has 0 bridgehead atoms. The van der Waals surface area contributed by atoms with Gasteiger partial charge < -0.3 is 9.84 Å². The number of rotatable bonds is 3. The third kappa shape index (κ3) is 2.20. The van der Waals surface area contributed by atoms with Crippen LogP contribution < -0.4 is 5.32 Å². The second kappa shape index (κ2) is 4.31. The van der Waals surface area contributed by atoms with Crippen LogP contribution in [-0.4, -0.2) is 17.2 Å². The summed E-state index contributed by atoms with van der Waals surface area (Å²) >= 11 is 0. The Morgan fingerprint density at radius 2 is 2.07 bits per heavy atom. The molecule has 0 atom stereocenters. The summed E-state index contributed by atoms with van der Waals surface area (Å²) in [6.45, 7) is 2.92. The lowest BCUT2D eigenvalue weighted by molar-refractivity contribution is 0.231. The highest BCUT2D eigenvalue weighted by molar-refractivity contribution is 5.04. The molecule has 0 spiro atoms. The quantitative estimate of drug-likeness (QED) is 0.827. The van der Waals surface area contributed by atoms with Gasteiger partial charge >= 0.3 is 0 Å². The molecule has 1 N–H and O–H groups in total. The highest BCUT2D eigenvalue weighted by atomic mass is 16.5. The minimum Gasteiger partial charge on any atom is -0.339 e. The van der Waals surface area contributed by atoms with Crippen LogP contribution in [0.15, 0.2) is 4.52 Å². The van der Waals surface area contributed by atoms with Crippen molar-refractivity contribution in [3.8, 4) is 0 Å². The second-order valence-corrected chi connectivity index (χ2v) is 4.67. The maximum atomic E-state index is 5.36. The minimum atomic E-state index is 0.122. The SMILES string of the molecule is CNCc1noc(C2(C)CCCCC2)n1. The van der Waals surface area contributed by atoms with E-state index in [0.717, 1.165) is 11.7 Å². The van der Waals surface area contributed by atoms with Crippen molar-refractivity contribution >= 4 is 0 Å². The molecule has 1 heterocycles. The normalized spacial score (nSPS) is 20.4. The van der Waals surface area contributed by atoms with Crippen LogP contribution >= 0.6 is 0 Å². The molecule has 1 aliphatic carbocycles. The Bertz CT molecular complexity index is 315. The molecule has 0 aromatic carbocycles. The lowest BCUT2D eigenvalue weighted by Gasteiger charge is -2.29. The first-order valence-corrected chi connectivity index (χ1v) is 5.72. The number of aromatic nitrogens is 2. The van der Waals surface area contributed by atoms with Crippen LogP contribution in [0.2, 0.25) is 0 Å². The van der Waals surface area contributed by atoms with Gasteiger partial charge in [-0.1, -0.05) is 31.3 Å². The molecule has 1 aliphatic rings. The molecular weight excluding hydrogens is 190 g/mol. The van der Waals surface area contributed by atoms with E-state index < -0.39 is 0 Å². The van der Waals surface area contributed by atoms with Crippen LogP contribution in [0.4, 0.5) is 0 Å². The van der Waals surface area contributed by atoms with Gasteiger partial charge in [0.15, 0.2) is 5.82 Å². The molecule has 4 nitrogen and oxygen atoms in total. The fourth-order valence-electron chi connectivity index (χ4n) is 2.28. The molecule has 1 aromatic heterocycles. The zero-order chi connectivity index (χ0) is 10.7. The Hall–Kier alpha value is -0.900. The zero-order valence-corrected chi connectivity index (χ0v) is 9.55. The molecule has 1 fully saturated rings. The Kier molecular flexibility index (Phi) is 3.05. The van der Waals surface area contributed by atoms with Crippen molar-refractivity contribution in [2.45, 2.75) is 51.0 Å². The number of hydrogen-bond donors (Lipinski definition) is 1. The van der Waals surface area contributed by atoms with Crippen molar-refractivity contribution in [2.24, 2.45) is 0 Å². The van der Waals surface area contributed by atoms with Gasteiger partial charge in [-0.05, 0) is 19.9 Å². The molecule has 0 aliphatic heterocycles. The van der Waals surface area contributed by atoms with E-state index in [1.165, 1.54) is 32.1 Å². The largest absolute Gasteiger partial charge is 0.339 e. The summed E-state index contributed by atoms with van der Waals surface area (Å²) in [5.41, 5.74) is 0.122. The van der Waals surface area contributed by atoms with E-state index in [1.807, 2.05) is 7.05 Å². The highest BCUT2D eigenvalue weighted by Gasteiger charge is 2.34. The van der Waals surface area contributed by atoms with E-state index in [-0.39, 0.29) is 5.41 Å². The van der Waals surface area contributed by atoms with Crippen molar-refractivity contribution in [1.29, 1.82) is 0 Å². The fourth-order valence-corrected chi connectivity index (χ4v) is 2.28. The van der Waals surface area contributed by atoms with Gasteiger partial charge in [-0.15, -0.1) is 0 Å². The summed E-state index contributed by atoms with van der Waals surface area (Å²) in [5, 5.41) is 7.01. The summed E-state index contributed by atoms with van der Waals surface area (Å²) in [5.74, 6) is 1.59. The first kappa shape index (κ1) is 10.6. The summed E-state index contributed by atoms with van der Waals surface area (Å²) < 4.78 is 5.36. The average Bonchev–Trinajstić information content (AvgIpc) is 2.69. The molecule has 1 aromatic rings. The Morgan fingerprint density at radius 1 is 1.33 bits per heavy atom. The molecule has 15 heavy (non-hydrogen) atoms. The summed E-state index contributed by atoms with van der Waals surface area (Å²) in [6.07, 6.45) is 6.25. The van der Waals surface area contributed by atoms with Crippen LogP contribution in [0.3, 0.4) is 0 Å². The number of nitrogens with one attached hydrogen (secondary N) is 1. The fraction of sp³-hybridized carbons (Fsp3) is 0.818. The number of hydrogen-bond acceptors (Lipinski definition) is 4. The predicted molar refractivity (Wildman–Crippen MR) is 57.5 cm³/mol. The van der Waals surface area contributed by atoms with Gasteiger partial charge in [0.25, 0.3) is 0 Å². The smallest absolute Gasteiger partial charge is 0.232 e. The molecular formula is C11H19N3O. The average molecular weight is 209 g/mol. The summed E-state index contributed by atoms with van der Waals surface area (Å²) in [4.78, 5) is 4.46. The van der Waals surface area contributed by atoms with Crippen molar-refractivity contribution in [3.63, 3.8) is 0 Å². The molecule has 4 heteroatoms. The van der Waals surface area contributed by atoms with E-state index >= 15 is 0 Å². The molecule has 1 saturated carbocycles. The van der Waals surface area contributed by atoms with E-state index in [2.05, 4.69) is 22.4 Å². The highest BCUT2D eigenvalue weighted by Crippen LogP contribution is 2.37. The van der Waals surface area contributed by atoms with Gasteiger partial charge in [0.05, 0.1) is 6.54 Å². The monoisotopic (exact) mass is 209 g/mol. The third-order valence-electron chi connectivity index (χ3n) is 3.28. The van der Waals surface area contributed by atoms with Crippen molar-refractivity contribution < 1.29 is 4.52 Å². The molecule has 0 radical (unpaired) electrons. The van der Waals surface area contributed by atoms with Gasteiger partial charge in [0, 0.05) is 5.41 Å². The van der Waals surface area contributed by atoms with Crippen molar-refractivity contribution in [3.05, 3.63) is 11.7 Å². The van der Waals surface area contributed by atoms with Crippen molar-refractivity contribution in [2.75, 3.05) is 7.05 Å². The van der Waals surface area contributed by atoms with E-state index in [9.17, 15) is 0 Å². The van der Waals surface area contributed by atoms with Gasteiger partial charge in [-0.3, -0.25) is 0 Å². The maximum absolute atomic E-state index is 5.36. The molecule has 0 saturated heterocycles. The standard InChI is InChI=1S/C11H19N3O/c1-11(6-4-3-5-7-11)10-13-9(8-12-2)14-15-10/h12H,3-8H2,1-2H3. The first-order chi connectivity index (χ1) is 7.24. The lowest BCUT2D eigenvalue weighted by Crippen LogP contribution is -2.25. The number of nitrogens with zero attached hydrogens (tertiary/aromatic N) is 2. The molecule has 84 valence electrons. The Balaban J connectivity index is 2.12. The van der Waals surface area contributed by atoms with Crippen LogP contribution in [0.25, 0.3) is 0 Å². The van der Waals surface area contributed by atoms with E-state index in [0.29, 0.717) is 6.54 Å². The van der Waals surface area contributed by atoms with Crippen LogP contribution in [0, 0.1) is 0 Å².